The van der Waals surface area contributed by atoms with E-state index in [1.807, 2.05) is 0 Å². The number of hydrogen-bond donors (Lipinski definition) is 1. The molecule has 1 N–H and O–H groups in total. The number of fused-ring (bicyclic) bond motifs is 1. The molecule has 1 aromatic heterocycles. The van der Waals surface area contributed by atoms with Gasteiger partial charge < -0.3 is 4.57 Å². The van der Waals surface area contributed by atoms with Crippen molar-refractivity contribution in [2.45, 2.75) is 38.6 Å². The Balaban J connectivity index is 2.11. The van der Waals surface area contributed by atoms with Crippen molar-refractivity contribution >= 4 is 12.2 Å². The average Bonchev–Trinajstić information content (AvgIpc) is 2.79. The zero-order chi connectivity index (χ0) is 12.5. The van der Waals surface area contributed by atoms with Crippen molar-refractivity contribution in [3.63, 3.8) is 0 Å². The summed E-state index contributed by atoms with van der Waals surface area (Å²) in [6.45, 7) is 2.99. The fourth-order valence-electron chi connectivity index (χ4n) is 2.92. The summed E-state index contributed by atoms with van der Waals surface area (Å²) >= 11 is 5.28. The Morgan fingerprint density at radius 1 is 1.44 bits per heavy atom. The molecular formula is C14H17N3S. The van der Waals surface area contributed by atoms with Gasteiger partial charge in [0.2, 0.25) is 0 Å². The van der Waals surface area contributed by atoms with E-state index in [1.165, 1.54) is 24.0 Å². The third-order valence-electron chi connectivity index (χ3n) is 3.79. The smallest absolute Gasteiger partial charge is 0.195 e. The van der Waals surface area contributed by atoms with E-state index in [9.17, 15) is 0 Å². The molecular weight excluding hydrogens is 242 g/mol. The molecule has 0 amide bonds. The van der Waals surface area contributed by atoms with Crippen LogP contribution in [0.4, 0.5) is 0 Å². The molecule has 0 aliphatic heterocycles. The number of benzene rings is 1. The summed E-state index contributed by atoms with van der Waals surface area (Å²) in [5.74, 6) is 1.48. The molecule has 3 nitrogen and oxygen atoms in total. The van der Waals surface area contributed by atoms with Crippen LogP contribution >= 0.6 is 12.2 Å². The van der Waals surface area contributed by atoms with Crippen LogP contribution in [0.25, 0.3) is 0 Å². The molecule has 3 rings (SSSR count). The third kappa shape index (κ3) is 1.81. The zero-order valence-electron chi connectivity index (χ0n) is 10.5. The van der Waals surface area contributed by atoms with Gasteiger partial charge in [0.25, 0.3) is 0 Å². The van der Waals surface area contributed by atoms with Gasteiger partial charge in [-0.1, -0.05) is 24.3 Å². The maximum Gasteiger partial charge on any atom is 0.195 e. The summed E-state index contributed by atoms with van der Waals surface area (Å²) in [4.78, 5) is 0. The molecule has 18 heavy (non-hydrogen) atoms. The predicted octanol–water partition coefficient (Wildman–Crippen LogP) is 3.43. The van der Waals surface area contributed by atoms with Crippen molar-refractivity contribution in [1.29, 1.82) is 0 Å². The minimum absolute atomic E-state index is 0.392. The van der Waals surface area contributed by atoms with Gasteiger partial charge in [0.1, 0.15) is 5.82 Å². The summed E-state index contributed by atoms with van der Waals surface area (Å²) in [7, 11) is 0. The van der Waals surface area contributed by atoms with Gasteiger partial charge >= 0.3 is 0 Å². The van der Waals surface area contributed by atoms with Gasteiger partial charge in [-0.15, -0.1) is 0 Å². The topological polar surface area (TPSA) is 33.6 Å². The summed E-state index contributed by atoms with van der Waals surface area (Å²) in [5.41, 5.74) is 2.89. The Morgan fingerprint density at radius 2 is 2.28 bits per heavy atom. The summed E-state index contributed by atoms with van der Waals surface area (Å²) in [6.07, 6.45) is 3.58. The number of aromatic nitrogens is 3. The number of aromatic amines is 1. The number of nitrogens with one attached hydrogen (secondary N) is 1. The Bertz CT molecular complexity index is 611. The van der Waals surface area contributed by atoms with Crippen molar-refractivity contribution in [2.24, 2.45) is 0 Å². The minimum Gasteiger partial charge on any atom is -0.304 e. The first-order chi connectivity index (χ1) is 8.81. The van der Waals surface area contributed by atoms with Crippen molar-refractivity contribution in [1.82, 2.24) is 14.8 Å². The SMILES string of the molecule is CCn1c(C2CCCc3ccccc32)n[nH]c1=S. The van der Waals surface area contributed by atoms with Crippen LogP contribution in [0.5, 0.6) is 0 Å². The molecule has 1 aromatic carbocycles. The molecule has 1 atom stereocenters. The molecule has 0 saturated heterocycles. The largest absolute Gasteiger partial charge is 0.304 e. The highest BCUT2D eigenvalue weighted by atomic mass is 32.1. The molecule has 1 unspecified atom stereocenters. The van der Waals surface area contributed by atoms with E-state index in [0.717, 1.165) is 23.6 Å². The first-order valence-electron chi connectivity index (χ1n) is 6.54. The first kappa shape index (κ1) is 11.7. The van der Waals surface area contributed by atoms with E-state index >= 15 is 0 Å². The van der Waals surface area contributed by atoms with Crippen LogP contribution in [0.2, 0.25) is 0 Å². The van der Waals surface area contributed by atoms with E-state index < -0.39 is 0 Å². The van der Waals surface area contributed by atoms with Crippen molar-refractivity contribution in [3.05, 3.63) is 46.0 Å². The molecule has 0 spiro atoms. The summed E-state index contributed by atoms with van der Waals surface area (Å²) in [5, 5.41) is 7.39. The highest BCUT2D eigenvalue weighted by Gasteiger charge is 2.25. The highest BCUT2D eigenvalue weighted by Crippen LogP contribution is 2.35. The van der Waals surface area contributed by atoms with Gasteiger partial charge in [0, 0.05) is 12.5 Å². The molecule has 1 aliphatic rings. The Hall–Kier alpha value is -1.42. The lowest BCUT2D eigenvalue weighted by Crippen LogP contribution is -2.15. The maximum atomic E-state index is 5.28. The van der Waals surface area contributed by atoms with Gasteiger partial charge in [-0.05, 0) is 49.5 Å². The van der Waals surface area contributed by atoms with Gasteiger partial charge in [0.05, 0.1) is 0 Å². The van der Waals surface area contributed by atoms with Crippen LogP contribution in [0, 0.1) is 4.77 Å². The quantitative estimate of drug-likeness (QED) is 0.838. The molecule has 0 saturated carbocycles. The molecule has 94 valence electrons. The fourth-order valence-corrected chi connectivity index (χ4v) is 3.19. The second kappa shape index (κ2) is 4.69. The van der Waals surface area contributed by atoms with E-state index in [4.69, 9.17) is 12.2 Å². The minimum atomic E-state index is 0.392. The van der Waals surface area contributed by atoms with E-state index in [-0.39, 0.29) is 0 Å². The van der Waals surface area contributed by atoms with Crippen molar-refractivity contribution in [2.75, 3.05) is 0 Å². The molecule has 0 bridgehead atoms. The standard InChI is InChI=1S/C14H17N3S/c1-2-17-13(15-16-14(17)18)12-9-5-7-10-6-3-4-8-11(10)12/h3-4,6,8,12H,2,5,7,9H2,1H3,(H,16,18). The van der Waals surface area contributed by atoms with Crippen molar-refractivity contribution < 1.29 is 0 Å². The van der Waals surface area contributed by atoms with Crippen LogP contribution < -0.4 is 0 Å². The molecule has 0 radical (unpaired) electrons. The van der Waals surface area contributed by atoms with Gasteiger partial charge in [-0.25, -0.2) is 0 Å². The maximum absolute atomic E-state index is 5.28. The monoisotopic (exact) mass is 259 g/mol. The van der Waals surface area contributed by atoms with Crippen molar-refractivity contribution in [3.8, 4) is 0 Å². The Labute approximate surface area is 112 Å². The Kier molecular flexibility index (Phi) is 3.04. The second-order valence-corrected chi connectivity index (χ2v) is 5.16. The van der Waals surface area contributed by atoms with Crippen LogP contribution in [0.1, 0.15) is 42.6 Å². The molecule has 4 heteroatoms. The lowest BCUT2D eigenvalue weighted by molar-refractivity contribution is 0.556. The van der Waals surface area contributed by atoms with Crippen LogP contribution in [0.15, 0.2) is 24.3 Å². The van der Waals surface area contributed by atoms with Crippen LogP contribution in [0.3, 0.4) is 0 Å². The molecule has 1 aliphatic carbocycles. The molecule has 0 fully saturated rings. The van der Waals surface area contributed by atoms with Crippen LogP contribution in [-0.4, -0.2) is 14.8 Å². The number of nitrogens with zero attached hydrogens (tertiary/aromatic N) is 2. The predicted molar refractivity (Wildman–Crippen MR) is 74.3 cm³/mol. The van der Waals surface area contributed by atoms with E-state index in [0.29, 0.717) is 5.92 Å². The fraction of sp³-hybridized carbons (Fsp3) is 0.429. The highest BCUT2D eigenvalue weighted by molar-refractivity contribution is 7.71. The number of H-pyrrole nitrogens is 1. The third-order valence-corrected chi connectivity index (χ3v) is 4.10. The lowest BCUT2D eigenvalue weighted by Gasteiger charge is -2.24. The van der Waals surface area contributed by atoms with E-state index in [2.05, 4.69) is 46.0 Å². The summed E-state index contributed by atoms with van der Waals surface area (Å²) < 4.78 is 2.85. The first-order valence-corrected chi connectivity index (χ1v) is 6.95. The zero-order valence-corrected chi connectivity index (χ0v) is 11.3. The molecule has 2 aromatic rings. The molecule has 1 heterocycles. The normalized spacial score (nSPS) is 18.6. The number of rotatable bonds is 2. The van der Waals surface area contributed by atoms with E-state index in [1.54, 1.807) is 0 Å². The summed E-state index contributed by atoms with van der Waals surface area (Å²) in [6, 6.07) is 8.71. The van der Waals surface area contributed by atoms with Gasteiger partial charge in [0.15, 0.2) is 4.77 Å². The van der Waals surface area contributed by atoms with Gasteiger partial charge in [-0.3, -0.25) is 5.10 Å². The Morgan fingerprint density at radius 3 is 3.11 bits per heavy atom. The van der Waals surface area contributed by atoms with Crippen LogP contribution in [-0.2, 0) is 13.0 Å². The lowest BCUT2D eigenvalue weighted by atomic mass is 9.82. The van der Waals surface area contributed by atoms with Gasteiger partial charge in [-0.2, -0.15) is 5.10 Å². The second-order valence-electron chi connectivity index (χ2n) is 4.77. The number of hydrogen-bond acceptors (Lipinski definition) is 2. The number of aryl methyl sites for hydroxylation is 1. The average molecular weight is 259 g/mol.